The average Bonchev–Trinajstić information content (AvgIpc) is 3.09. The molecule has 2 aliphatic rings. The highest BCUT2D eigenvalue weighted by molar-refractivity contribution is 6.02. The van der Waals surface area contributed by atoms with Crippen LogP contribution in [0.3, 0.4) is 0 Å². The number of nitrogens with one attached hydrogen (secondary N) is 1. The van der Waals surface area contributed by atoms with Crippen LogP contribution in [0.1, 0.15) is 49.1 Å². The Balaban J connectivity index is 1.63. The Labute approximate surface area is 137 Å². The molecular weight excluding hydrogens is 323 g/mol. The minimum atomic E-state index is -4.37. The lowest BCUT2D eigenvalue weighted by molar-refractivity contribution is -0.155. The van der Waals surface area contributed by atoms with Gasteiger partial charge in [0.2, 0.25) is 5.91 Å². The predicted molar refractivity (Wildman–Crippen MR) is 79.3 cm³/mol. The van der Waals surface area contributed by atoms with E-state index in [9.17, 15) is 27.9 Å². The molecule has 0 bridgehead atoms. The van der Waals surface area contributed by atoms with Crippen LogP contribution in [-0.4, -0.2) is 23.0 Å². The van der Waals surface area contributed by atoms with Gasteiger partial charge in [0.25, 0.3) is 0 Å². The van der Waals surface area contributed by atoms with E-state index in [0.717, 1.165) is 17.7 Å². The van der Waals surface area contributed by atoms with E-state index in [4.69, 9.17) is 0 Å². The number of hydrogen-bond donors (Lipinski definition) is 2. The Kier molecular flexibility index (Phi) is 4.05. The summed E-state index contributed by atoms with van der Waals surface area (Å²) in [5.41, 5.74) is -1.32. The quantitative estimate of drug-likeness (QED) is 0.826. The molecule has 24 heavy (non-hydrogen) atoms. The Morgan fingerprint density at radius 2 is 1.71 bits per heavy atom. The normalized spacial score (nSPS) is 25.3. The van der Waals surface area contributed by atoms with Crippen LogP contribution >= 0.6 is 0 Å². The largest absolute Gasteiger partial charge is 0.480 e. The molecule has 3 rings (SSSR count). The lowest BCUT2D eigenvalue weighted by Crippen LogP contribution is -2.45. The molecule has 0 heterocycles. The van der Waals surface area contributed by atoms with Gasteiger partial charge in [-0.15, -0.1) is 0 Å². The predicted octanol–water partition coefficient (Wildman–Crippen LogP) is 3.32. The number of carboxylic acid groups (broad SMARTS) is 1. The van der Waals surface area contributed by atoms with Crippen molar-refractivity contribution < 1.29 is 27.9 Å². The van der Waals surface area contributed by atoms with Gasteiger partial charge in [-0.1, -0.05) is 25.0 Å². The van der Waals surface area contributed by atoms with Crippen LogP contribution in [-0.2, 0) is 15.8 Å². The summed E-state index contributed by atoms with van der Waals surface area (Å²) in [4.78, 5) is 23.9. The highest BCUT2D eigenvalue weighted by Gasteiger charge is 2.51. The van der Waals surface area contributed by atoms with Gasteiger partial charge >= 0.3 is 12.1 Å². The summed E-state index contributed by atoms with van der Waals surface area (Å²) >= 11 is 0. The molecule has 2 fully saturated rings. The first-order chi connectivity index (χ1) is 11.2. The van der Waals surface area contributed by atoms with Gasteiger partial charge in [0.15, 0.2) is 0 Å². The topological polar surface area (TPSA) is 66.4 Å². The first kappa shape index (κ1) is 16.8. The van der Waals surface area contributed by atoms with Gasteiger partial charge in [-0.3, -0.25) is 9.59 Å². The van der Waals surface area contributed by atoms with Crippen LogP contribution in [0.2, 0.25) is 0 Å². The molecule has 0 radical (unpaired) electrons. The number of alkyl halides is 3. The molecule has 0 unspecified atom stereocenters. The van der Waals surface area contributed by atoms with Crippen LogP contribution in [0.4, 0.5) is 13.2 Å². The number of rotatable bonds is 4. The summed E-state index contributed by atoms with van der Waals surface area (Å²) < 4.78 is 37.7. The Morgan fingerprint density at radius 3 is 2.21 bits per heavy atom. The number of carbonyl (C=O) groups excluding carboxylic acids is 1. The summed E-state index contributed by atoms with van der Waals surface area (Å²) in [5, 5.41) is 12.2. The standard InChI is InChI=1S/C17H18F3NO3/c18-17(19,20)11-5-3-10(4-6-11)12-9-13(12)21-14(22)16(15(23)24)7-1-2-8-16/h3-6,12-13H,1-2,7-9H2,(H,21,22)(H,23,24)/t12-,13+/m0/s1. The molecule has 1 aromatic rings. The fourth-order valence-corrected chi connectivity index (χ4v) is 3.47. The van der Waals surface area contributed by atoms with Gasteiger partial charge in [0.1, 0.15) is 5.41 Å². The number of halogens is 3. The molecule has 7 heteroatoms. The maximum absolute atomic E-state index is 12.6. The maximum atomic E-state index is 12.6. The molecule has 0 saturated heterocycles. The van der Waals surface area contributed by atoms with Gasteiger partial charge in [-0.25, -0.2) is 0 Å². The summed E-state index contributed by atoms with van der Waals surface area (Å²) in [5.74, 6) is -1.61. The second-order valence-electron chi connectivity index (χ2n) is 6.64. The highest BCUT2D eigenvalue weighted by atomic mass is 19.4. The number of aliphatic carboxylic acids is 1. The molecule has 2 N–H and O–H groups in total. The number of carboxylic acids is 1. The van der Waals surface area contributed by atoms with E-state index in [-0.39, 0.29) is 12.0 Å². The van der Waals surface area contributed by atoms with Gasteiger partial charge in [0.05, 0.1) is 5.56 Å². The Hall–Kier alpha value is -2.05. The minimum Gasteiger partial charge on any atom is -0.480 e. The monoisotopic (exact) mass is 341 g/mol. The fraction of sp³-hybridized carbons (Fsp3) is 0.529. The lowest BCUT2D eigenvalue weighted by Gasteiger charge is -2.22. The number of benzene rings is 1. The third kappa shape index (κ3) is 2.99. The molecule has 2 atom stereocenters. The SMILES string of the molecule is O=C(O)C1(C(=O)N[C@@H]2C[C@H]2c2ccc(C(F)(F)F)cc2)CCCC1. The minimum absolute atomic E-state index is 0.0523. The zero-order valence-electron chi connectivity index (χ0n) is 12.9. The summed E-state index contributed by atoms with van der Waals surface area (Å²) in [6.07, 6.45) is -1.64. The molecule has 2 aliphatic carbocycles. The third-order valence-electron chi connectivity index (χ3n) is 5.07. The van der Waals surface area contributed by atoms with Gasteiger partial charge < -0.3 is 10.4 Å². The molecule has 130 valence electrons. The molecule has 1 aromatic carbocycles. The molecule has 2 saturated carbocycles. The number of amides is 1. The Bertz CT molecular complexity index is 648. The molecule has 0 aromatic heterocycles. The number of carbonyl (C=O) groups is 2. The van der Waals surface area contributed by atoms with Crippen LogP contribution in [0.15, 0.2) is 24.3 Å². The van der Waals surface area contributed by atoms with E-state index in [1.807, 2.05) is 0 Å². The first-order valence-electron chi connectivity index (χ1n) is 7.95. The molecule has 4 nitrogen and oxygen atoms in total. The van der Waals surface area contributed by atoms with Crippen LogP contribution < -0.4 is 5.32 Å². The van der Waals surface area contributed by atoms with Crippen molar-refractivity contribution in [3.05, 3.63) is 35.4 Å². The van der Waals surface area contributed by atoms with Crippen molar-refractivity contribution in [2.75, 3.05) is 0 Å². The van der Waals surface area contributed by atoms with E-state index >= 15 is 0 Å². The molecule has 0 aliphatic heterocycles. The third-order valence-corrected chi connectivity index (χ3v) is 5.07. The fourth-order valence-electron chi connectivity index (χ4n) is 3.47. The van der Waals surface area contributed by atoms with Crippen molar-refractivity contribution >= 4 is 11.9 Å². The molecule has 1 amide bonds. The second kappa shape index (κ2) is 5.79. The summed E-state index contributed by atoms with van der Waals surface area (Å²) in [6, 6.07) is 4.69. The summed E-state index contributed by atoms with van der Waals surface area (Å²) in [6.45, 7) is 0. The zero-order chi connectivity index (χ0) is 17.5. The Morgan fingerprint density at radius 1 is 1.12 bits per heavy atom. The van der Waals surface area contributed by atoms with Crippen LogP contribution in [0.25, 0.3) is 0 Å². The maximum Gasteiger partial charge on any atom is 0.416 e. The van der Waals surface area contributed by atoms with Crippen molar-refractivity contribution in [2.24, 2.45) is 5.41 Å². The van der Waals surface area contributed by atoms with Gasteiger partial charge in [-0.05, 0) is 37.0 Å². The number of hydrogen-bond acceptors (Lipinski definition) is 2. The van der Waals surface area contributed by atoms with Crippen molar-refractivity contribution in [1.29, 1.82) is 0 Å². The zero-order valence-corrected chi connectivity index (χ0v) is 12.9. The average molecular weight is 341 g/mol. The second-order valence-corrected chi connectivity index (χ2v) is 6.64. The lowest BCUT2D eigenvalue weighted by atomic mass is 9.85. The smallest absolute Gasteiger partial charge is 0.416 e. The van der Waals surface area contributed by atoms with E-state index in [1.54, 1.807) is 0 Å². The van der Waals surface area contributed by atoms with Crippen molar-refractivity contribution in [3.8, 4) is 0 Å². The molecule has 0 spiro atoms. The van der Waals surface area contributed by atoms with Crippen molar-refractivity contribution in [3.63, 3.8) is 0 Å². The highest BCUT2D eigenvalue weighted by Crippen LogP contribution is 2.44. The van der Waals surface area contributed by atoms with Crippen molar-refractivity contribution in [1.82, 2.24) is 5.32 Å². The molecular formula is C17H18F3NO3. The van der Waals surface area contributed by atoms with Crippen LogP contribution in [0, 0.1) is 5.41 Å². The van der Waals surface area contributed by atoms with E-state index in [1.165, 1.54) is 12.1 Å². The van der Waals surface area contributed by atoms with E-state index in [2.05, 4.69) is 5.32 Å². The van der Waals surface area contributed by atoms with Gasteiger partial charge in [-0.2, -0.15) is 13.2 Å². The van der Waals surface area contributed by atoms with E-state index < -0.39 is 29.0 Å². The van der Waals surface area contributed by atoms with E-state index in [0.29, 0.717) is 32.1 Å². The van der Waals surface area contributed by atoms with Crippen molar-refractivity contribution in [2.45, 2.75) is 50.2 Å². The van der Waals surface area contributed by atoms with Gasteiger partial charge in [0, 0.05) is 12.0 Å². The van der Waals surface area contributed by atoms with Crippen LogP contribution in [0.5, 0.6) is 0 Å². The summed E-state index contributed by atoms with van der Waals surface area (Å²) in [7, 11) is 0. The first-order valence-corrected chi connectivity index (χ1v) is 7.95.